The Bertz CT molecular complexity index is 374. The van der Waals surface area contributed by atoms with E-state index in [9.17, 15) is 0 Å². The van der Waals surface area contributed by atoms with Gasteiger partial charge in [-0.3, -0.25) is 0 Å². The van der Waals surface area contributed by atoms with Gasteiger partial charge >= 0.3 is 0 Å². The van der Waals surface area contributed by atoms with Gasteiger partial charge in [-0.2, -0.15) is 0 Å². The topological polar surface area (TPSA) is 34.1 Å². The lowest BCUT2D eigenvalue weighted by Gasteiger charge is -2.18. The second-order valence-electron chi connectivity index (χ2n) is 5.42. The Kier molecular flexibility index (Phi) is 6.97. The summed E-state index contributed by atoms with van der Waals surface area (Å²) in [4.78, 5) is 6.21. The zero-order valence-corrected chi connectivity index (χ0v) is 13.9. The molecule has 4 heteroatoms. The molecule has 0 amide bonds. The first-order valence-corrected chi connectivity index (χ1v) is 8.14. The van der Waals surface area contributed by atoms with Crippen LogP contribution in [0.3, 0.4) is 0 Å². The van der Waals surface area contributed by atoms with Crippen molar-refractivity contribution in [1.29, 1.82) is 0 Å². The van der Waals surface area contributed by atoms with Crippen LogP contribution in [0.15, 0.2) is 0 Å². The average Bonchev–Trinajstić information content (AvgIpc) is 2.76. The highest BCUT2D eigenvalue weighted by Crippen LogP contribution is 2.33. The second kappa shape index (κ2) is 7.98. The summed E-state index contributed by atoms with van der Waals surface area (Å²) < 4.78 is 5.87. The van der Waals surface area contributed by atoms with Crippen LogP contribution in [-0.2, 0) is 11.3 Å². The molecule has 0 spiro atoms. The van der Waals surface area contributed by atoms with Crippen molar-refractivity contribution in [3.8, 4) is 0 Å². The molecule has 0 aliphatic carbocycles. The van der Waals surface area contributed by atoms with Crippen LogP contribution in [0.25, 0.3) is 0 Å². The summed E-state index contributed by atoms with van der Waals surface area (Å²) in [5.74, 6) is 0.922. The van der Waals surface area contributed by atoms with Gasteiger partial charge < -0.3 is 10.1 Å². The molecule has 0 saturated carbocycles. The average molecular weight is 284 g/mol. The maximum Gasteiger partial charge on any atom is 0.122 e. The summed E-state index contributed by atoms with van der Waals surface area (Å²) in [6.45, 7) is 15.6. The molecule has 1 rings (SSSR count). The van der Waals surface area contributed by atoms with E-state index in [1.807, 2.05) is 6.92 Å². The highest BCUT2D eigenvalue weighted by atomic mass is 32.1. The van der Waals surface area contributed by atoms with E-state index in [0.29, 0.717) is 11.8 Å². The van der Waals surface area contributed by atoms with Gasteiger partial charge in [0.25, 0.3) is 0 Å². The molecule has 0 aromatic carbocycles. The fourth-order valence-electron chi connectivity index (χ4n) is 2.05. The molecule has 1 aromatic heterocycles. The smallest absolute Gasteiger partial charge is 0.122 e. The van der Waals surface area contributed by atoms with Gasteiger partial charge in [-0.25, -0.2) is 4.98 Å². The van der Waals surface area contributed by atoms with Gasteiger partial charge in [-0.15, -0.1) is 11.3 Å². The van der Waals surface area contributed by atoms with Crippen molar-refractivity contribution in [2.24, 2.45) is 5.92 Å². The van der Waals surface area contributed by atoms with E-state index in [-0.39, 0.29) is 6.10 Å². The summed E-state index contributed by atoms with van der Waals surface area (Å²) in [6, 6.07) is 0. The minimum absolute atomic E-state index is 0.128. The molecule has 0 aliphatic heterocycles. The van der Waals surface area contributed by atoms with Gasteiger partial charge in [0, 0.05) is 18.0 Å². The standard InChI is InChI=1S/C15H28N2OS/c1-7-16-9-12-13(10(3)4)17-15(19-12)14(11(5)6)18-8-2/h10-11,14,16H,7-9H2,1-6H3. The molecule has 1 N–H and O–H groups in total. The van der Waals surface area contributed by atoms with Crippen LogP contribution in [0.2, 0.25) is 0 Å². The fourth-order valence-corrected chi connectivity index (χ4v) is 3.46. The molecule has 3 nitrogen and oxygen atoms in total. The molecule has 0 aliphatic rings. The molecule has 0 saturated heterocycles. The summed E-state index contributed by atoms with van der Waals surface area (Å²) in [6.07, 6.45) is 0.128. The summed E-state index contributed by atoms with van der Waals surface area (Å²) >= 11 is 1.81. The van der Waals surface area contributed by atoms with Crippen LogP contribution in [0.4, 0.5) is 0 Å². The molecule has 110 valence electrons. The third-order valence-electron chi connectivity index (χ3n) is 3.02. The Hall–Kier alpha value is -0.450. The lowest BCUT2D eigenvalue weighted by atomic mass is 10.1. The Balaban J connectivity index is 3.00. The SMILES string of the molecule is CCNCc1sc(C(OCC)C(C)C)nc1C(C)C. The predicted molar refractivity (Wildman–Crippen MR) is 82.8 cm³/mol. The number of rotatable bonds is 8. The van der Waals surface area contributed by atoms with Crippen LogP contribution in [0, 0.1) is 5.92 Å². The highest BCUT2D eigenvalue weighted by Gasteiger charge is 2.23. The van der Waals surface area contributed by atoms with Crippen LogP contribution in [-0.4, -0.2) is 18.1 Å². The molecule has 1 aromatic rings. The summed E-state index contributed by atoms with van der Waals surface area (Å²) in [7, 11) is 0. The van der Waals surface area contributed by atoms with Crippen LogP contribution in [0.5, 0.6) is 0 Å². The van der Waals surface area contributed by atoms with Gasteiger partial charge in [0.2, 0.25) is 0 Å². The van der Waals surface area contributed by atoms with Crippen LogP contribution in [0.1, 0.15) is 69.1 Å². The number of nitrogens with zero attached hydrogens (tertiary/aromatic N) is 1. The quantitative estimate of drug-likeness (QED) is 0.780. The van der Waals surface area contributed by atoms with E-state index in [4.69, 9.17) is 9.72 Å². The van der Waals surface area contributed by atoms with Gasteiger partial charge in [-0.1, -0.05) is 34.6 Å². The van der Waals surface area contributed by atoms with E-state index in [2.05, 4.69) is 39.9 Å². The third kappa shape index (κ3) is 4.55. The van der Waals surface area contributed by atoms with E-state index < -0.39 is 0 Å². The Morgan fingerprint density at radius 1 is 1.21 bits per heavy atom. The van der Waals surface area contributed by atoms with Crippen LogP contribution < -0.4 is 5.32 Å². The van der Waals surface area contributed by atoms with Crippen molar-refractivity contribution < 1.29 is 4.74 Å². The molecular weight excluding hydrogens is 256 g/mol. The zero-order chi connectivity index (χ0) is 14.4. The van der Waals surface area contributed by atoms with Gasteiger partial charge in [0.15, 0.2) is 0 Å². The normalized spacial score (nSPS) is 13.5. The van der Waals surface area contributed by atoms with E-state index in [1.165, 1.54) is 10.6 Å². The molecular formula is C15H28N2OS. The number of thiazole rings is 1. The summed E-state index contributed by atoms with van der Waals surface area (Å²) in [5.41, 5.74) is 1.23. The third-order valence-corrected chi connectivity index (χ3v) is 4.15. The van der Waals surface area contributed by atoms with Crippen molar-refractivity contribution in [1.82, 2.24) is 10.3 Å². The van der Waals surface area contributed by atoms with Crippen molar-refractivity contribution >= 4 is 11.3 Å². The minimum Gasteiger partial charge on any atom is -0.371 e. The molecule has 1 heterocycles. The predicted octanol–water partition coefficient (Wildman–Crippen LogP) is 4.11. The molecule has 0 radical (unpaired) electrons. The van der Waals surface area contributed by atoms with Gasteiger partial charge in [-0.05, 0) is 25.3 Å². The molecule has 0 fully saturated rings. The van der Waals surface area contributed by atoms with Crippen molar-refractivity contribution in [3.05, 3.63) is 15.6 Å². The number of hydrogen-bond acceptors (Lipinski definition) is 4. The maximum atomic E-state index is 5.87. The number of ether oxygens (including phenoxy) is 1. The van der Waals surface area contributed by atoms with E-state index >= 15 is 0 Å². The molecule has 19 heavy (non-hydrogen) atoms. The Morgan fingerprint density at radius 2 is 1.89 bits per heavy atom. The molecule has 0 bridgehead atoms. The number of nitrogens with one attached hydrogen (secondary N) is 1. The lowest BCUT2D eigenvalue weighted by molar-refractivity contribution is 0.0292. The number of aromatic nitrogens is 1. The van der Waals surface area contributed by atoms with Gasteiger partial charge in [0.1, 0.15) is 11.1 Å². The first kappa shape index (κ1) is 16.6. The number of hydrogen-bond donors (Lipinski definition) is 1. The largest absolute Gasteiger partial charge is 0.371 e. The highest BCUT2D eigenvalue weighted by molar-refractivity contribution is 7.11. The van der Waals surface area contributed by atoms with Crippen LogP contribution >= 0.6 is 11.3 Å². The summed E-state index contributed by atoms with van der Waals surface area (Å²) in [5, 5.41) is 4.54. The first-order chi connectivity index (χ1) is 9.01. The second-order valence-corrected chi connectivity index (χ2v) is 6.53. The van der Waals surface area contributed by atoms with Crippen molar-refractivity contribution in [2.45, 2.75) is 60.1 Å². The van der Waals surface area contributed by atoms with Gasteiger partial charge in [0.05, 0.1) is 5.69 Å². The molecule has 1 atom stereocenters. The zero-order valence-electron chi connectivity index (χ0n) is 13.1. The molecule has 1 unspecified atom stereocenters. The lowest BCUT2D eigenvalue weighted by Crippen LogP contribution is -2.12. The van der Waals surface area contributed by atoms with Crippen molar-refractivity contribution in [3.63, 3.8) is 0 Å². The first-order valence-electron chi connectivity index (χ1n) is 7.32. The Morgan fingerprint density at radius 3 is 2.37 bits per heavy atom. The Labute approximate surface area is 121 Å². The monoisotopic (exact) mass is 284 g/mol. The maximum absolute atomic E-state index is 5.87. The van der Waals surface area contributed by atoms with E-state index in [1.54, 1.807) is 11.3 Å². The minimum atomic E-state index is 0.128. The fraction of sp³-hybridized carbons (Fsp3) is 0.800. The van der Waals surface area contributed by atoms with E-state index in [0.717, 1.165) is 24.7 Å². The van der Waals surface area contributed by atoms with Crippen molar-refractivity contribution in [2.75, 3.05) is 13.2 Å².